The van der Waals surface area contributed by atoms with Crippen LogP contribution in [-0.2, 0) is 4.79 Å². The van der Waals surface area contributed by atoms with Crippen molar-refractivity contribution in [3.63, 3.8) is 0 Å². The van der Waals surface area contributed by atoms with Crippen LogP contribution in [0.4, 0.5) is 11.4 Å². The van der Waals surface area contributed by atoms with E-state index in [4.69, 9.17) is 9.73 Å². The molecular weight excluding hydrogens is 532 g/mol. The zero-order valence-corrected chi connectivity index (χ0v) is 23.7. The Hall–Kier alpha value is -4.56. The van der Waals surface area contributed by atoms with Crippen LogP contribution < -0.4 is 15.4 Å². The van der Waals surface area contributed by atoms with Crippen molar-refractivity contribution in [2.24, 2.45) is 4.99 Å². The summed E-state index contributed by atoms with van der Waals surface area (Å²) < 4.78 is 5.25. The highest BCUT2D eigenvalue weighted by Crippen LogP contribution is 2.40. The number of carbonyl (C=O) groups excluding carboxylic acids is 2. The molecule has 1 saturated heterocycles. The third-order valence-corrected chi connectivity index (χ3v) is 8.40. The van der Waals surface area contributed by atoms with Crippen LogP contribution >= 0.6 is 11.8 Å². The van der Waals surface area contributed by atoms with Crippen LogP contribution in [0.25, 0.3) is 10.8 Å². The lowest BCUT2D eigenvalue weighted by Crippen LogP contribution is -2.43. The number of amides is 2. The third kappa shape index (κ3) is 5.56. The molecule has 206 valence electrons. The summed E-state index contributed by atoms with van der Waals surface area (Å²) in [5.41, 5.74) is 4.12. The Morgan fingerprint density at radius 1 is 0.878 bits per heavy atom. The Bertz CT molecular complexity index is 1700. The SMILES string of the molecule is COc1ccc(NC(=O)C2=C(C)N=C3SCCCN3C2c2cccc(NC(=O)c3ccc4ccccc4c3)c2)cc1. The molecule has 0 spiro atoms. The summed E-state index contributed by atoms with van der Waals surface area (Å²) >= 11 is 1.71. The number of aliphatic imine (C=N–C) groups is 1. The number of fused-ring (bicyclic) bond motifs is 2. The number of anilines is 2. The molecule has 4 aromatic rings. The highest BCUT2D eigenvalue weighted by atomic mass is 32.2. The van der Waals surface area contributed by atoms with Crippen LogP contribution in [0, 0.1) is 0 Å². The smallest absolute Gasteiger partial charge is 0.255 e. The van der Waals surface area contributed by atoms with E-state index in [2.05, 4.69) is 15.5 Å². The summed E-state index contributed by atoms with van der Waals surface area (Å²) in [6.45, 7) is 2.68. The number of methoxy groups -OCH3 is 1. The lowest BCUT2D eigenvalue weighted by molar-refractivity contribution is -0.113. The number of nitrogens with zero attached hydrogens (tertiary/aromatic N) is 2. The predicted molar refractivity (Wildman–Crippen MR) is 167 cm³/mol. The fourth-order valence-electron chi connectivity index (χ4n) is 5.30. The van der Waals surface area contributed by atoms with Gasteiger partial charge >= 0.3 is 0 Å². The molecule has 2 amide bonds. The number of allylic oxidation sites excluding steroid dienone is 1. The van der Waals surface area contributed by atoms with Gasteiger partial charge in [0.25, 0.3) is 11.8 Å². The van der Waals surface area contributed by atoms with E-state index in [1.807, 2.05) is 97.9 Å². The summed E-state index contributed by atoms with van der Waals surface area (Å²) in [7, 11) is 1.61. The summed E-state index contributed by atoms with van der Waals surface area (Å²) in [6.07, 6.45) is 0.991. The van der Waals surface area contributed by atoms with Crippen LogP contribution in [0.15, 0.2) is 107 Å². The average molecular weight is 563 g/mol. The third-order valence-electron chi connectivity index (χ3n) is 7.32. The Balaban J connectivity index is 1.30. The Morgan fingerprint density at radius 2 is 1.66 bits per heavy atom. The van der Waals surface area contributed by atoms with Crippen molar-refractivity contribution < 1.29 is 14.3 Å². The van der Waals surface area contributed by atoms with Gasteiger partial charge < -0.3 is 20.3 Å². The van der Waals surface area contributed by atoms with E-state index in [0.29, 0.717) is 28.2 Å². The zero-order valence-electron chi connectivity index (χ0n) is 22.9. The van der Waals surface area contributed by atoms with Crippen molar-refractivity contribution in [1.29, 1.82) is 0 Å². The molecule has 41 heavy (non-hydrogen) atoms. The minimum Gasteiger partial charge on any atom is -0.497 e. The van der Waals surface area contributed by atoms with Gasteiger partial charge in [-0.3, -0.25) is 9.59 Å². The molecule has 1 atom stereocenters. The Morgan fingerprint density at radius 3 is 2.46 bits per heavy atom. The van der Waals surface area contributed by atoms with Gasteiger partial charge in [0, 0.05) is 29.2 Å². The number of nitrogens with one attached hydrogen (secondary N) is 2. The molecule has 1 fully saturated rings. The summed E-state index contributed by atoms with van der Waals surface area (Å²) in [5.74, 6) is 1.32. The zero-order chi connectivity index (χ0) is 28.3. The highest BCUT2D eigenvalue weighted by Gasteiger charge is 2.37. The van der Waals surface area contributed by atoms with Gasteiger partial charge in [0.2, 0.25) is 0 Å². The first kappa shape index (κ1) is 26.7. The number of hydrogen-bond donors (Lipinski definition) is 2. The molecule has 0 bridgehead atoms. The highest BCUT2D eigenvalue weighted by molar-refractivity contribution is 8.13. The van der Waals surface area contributed by atoms with Gasteiger partial charge in [-0.15, -0.1) is 0 Å². The van der Waals surface area contributed by atoms with Crippen molar-refractivity contribution in [3.05, 3.63) is 113 Å². The number of amidine groups is 1. The van der Waals surface area contributed by atoms with Crippen molar-refractivity contribution >= 4 is 50.9 Å². The molecule has 2 aliphatic rings. The van der Waals surface area contributed by atoms with Crippen molar-refractivity contribution in [2.45, 2.75) is 19.4 Å². The predicted octanol–water partition coefficient (Wildman–Crippen LogP) is 6.86. The average Bonchev–Trinajstić information content (AvgIpc) is 3.00. The lowest BCUT2D eigenvalue weighted by Gasteiger charge is -2.41. The monoisotopic (exact) mass is 562 g/mol. The molecule has 6 rings (SSSR count). The molecule has 2 aliphatic heterocycles. The van der Waals surface area contributed by atoms with Gasteiger partial charge in [0.1, 0.15) is 5.75 Å². The van der Waals surface area contributed by atoms with Gasteiger partial charge in [-0.2, -0.15) is 0 Å². The number of benzene rings is 4. The van der Waals surface area contributed by atoms with Crippen molar-refractivity contribution in [2.75, 3.05) is 30.0 Å². The molecule has 7 nitrogen and oxygen atoms in total. The van der Waals surface area contributed by atoms with Gasteiger partial charge in [-0.1, -0.05) is 54.2 Å². The second-order valence-corrected chi connectivity index (χ2v) is 11.1. The van der Waals surface area contributed by atoms with E-state index in [0.717, 1.165) is 46.0 Å². The minimum atomic E-state index is -0.342. The number of thioether (sulfide) groups is 1. The Labute approximate surface area is 243 Å². The van der Waals surface area contributed by atoms with E-state index < -0.39 is 0 Å². The lowest BCUT2D eigenvalue weighted by atomic mass is 9.93. The van der Waals surface area contributed by atoms with Crippen LogP contribution in [-0.4, -0.2) is 41.3 Å². The van der Waals surface area contributed by atoms with Crippen molar-refractivity contribution in [3.8, 4) is 5.75 Å². The molecule has 0 saturated carbocycles. The first-order valence-electron chi connectivity index (χ1n) is 13.5. The molecule has 2 N–H and O–H groups in total. The van der Waals surface area contributed by atoms with E-state index in [1.165, 1.54) is 0 Å². The van der Waals surface area contributed by atoms with Gasteiger partial charge in [0.05, 0.1) is 24.4 Å². The quantitative estimate of drug-likeness (QED) is 0.268. The fourth-order valence-corrected chi connectivity index (χ4v) is 6.32. The molecule has 1 unspecified atom stereocenters. The summed E-state index contributed by atoms with van der Waals surface area (Å²) in [6, 6.07) is 28.3. The molecule has 4 aromatic carbocycles. The first-order valence-corrected chi connectivity index (χ1v) is 14.5. The molecule has 2 heterocycles. The fraction of sp³-hybridized carbons (Fsp3) is 0.182. The Kier molecular flexibility index (Phi) is 7.48. The topological polar surface area (TPSA) is 83.0 Å². The molecule has 0 aliphatic carbocycles. The van der Waals surface area contributed by atoms with Gasteiger partial charge in [-0.25, -0.2) is 4.99 Å². The summed E-state index contributed by atoms with van der Waals surface area (Å²) in [5, 5.41) is 9.13. The van der Waals surface area contributed by atoms with Gasteiger partial charge in [-0.05, 0) is 78.2 Å². The second kappa shape index (κ2) is 11.5. The van der Waals surface area contributed by atoms with E-state index in [9.17, 15) is 9.59 Å². The molecule has 8 heteroatoms. The number of hydrogen-bond acceptors (Lipinski definition) is 6. The van der Waals surface area contributed by atoms with Crippen molar-refractivity contribution in [1.82, 2.24) is 4.90 Å². The number of rotatable bonds is 6. The number of ether oxygens (including phenoxy) is 1. The van der Waals surface area contributed by atoms with Gasteiger partial charge in [0.15, 0.2) is 5.17 Å². The molecule has 0 radical (unpaired) electrons. The van der Waals surface area contributed by atoms with Crippen LogP contribution in [0.2, 0.25) is 0 Å². The maximum atomic E-state index is 13.8. The number of carbonyl (C=O) groups is 2. The van der Waals surface area contributed by atoms with E-state index >= 15 is 0 Å². The maximum absolute atomic E-state index is 13.8. The molecular formula is C33H30N4O3S. The van der Waals surface area contributed by atoms with Crippen LogP contribution in [0.5, 0.6) is 5.75 Å². The van der Waals surface area contributed by atoms with E-state index in [-0.39, 0.29) is 17.9 Å². The standard InChI is InChI=1S/C33H30N4O3S/c1-21-29(32(39)35-26-13-15-28(40-2)16-14-26)30(37-17-6-18-41-33(37)34-21)24-9-5-10-27(20-24)36-31(38)25-12-11-22-7-3-4-8-23(22)19-25/h3-5,7-16,19-20,30H,6,17-18H2,1-2H3,(H,35,39)(H,36,38). The second-order valence-electron chi connectivity index (χ2n) is 10.0. The van der Waals surface area contributed by atoms with Crippen LogP contribution in [0.1, 0.15) is 35.3 Å². The minimum absolute atomic E-state index is 0.184. The first-order chi connectivity index (χ1) is 20.0. The normalized spacial score (nSPS) is 16.6. The van der Waals surface area contributed by atoms with Crippen LogP contribution in [0.3, 0.4) is 0 Å². The van der Waals surface area contributed by atoms with E-state index in [1.54, 1.807) is 18.9 Å². The maximum Gasteiger partial charge on any atom is 0.255 e. The molecule has 0 aromatic heterocycles. The largest absolute Gasteiger partial charge is 0.497 e. The summed E-state index contributed by atoms with van der Waals surface area (Å²) in [4.78, 5) is 34.0.